The largest absolute Gasteiger partial charge is 0.488 e. The number of hydrogen-bond donors (Lipinski definition) is 0. The van der Waals surface area contributed by atoms with Crippen molar-refractivity contribution in [2.24, 2.45) is 0 Å². The normalized spacial score (nSPS) is 15.5. The van der Waals surface area contributed by atoms with Gasteiger partial charge in [-0.1, -0.05) is 84.1 Å². The van der Waals surface area contributed by atoms with Crippen LogP contribution in [0, 0.1) is 6.92 Å². The van der Waals surface area contributed by atoms with Crippen LogP contribution >= 0.6 is 24.0 Å². The molecule has 0 radical (unpaired) electrons. The number of hydrogen-bond acceptors (Lipinski definition) is 4. The van der Waals surface area contributed by atoms with Gasteiger partial charge in [-0.25, -0.2) is 0 Å². The molecule has 1 aliphatic heterocycles. The van der Waals surface area contributed by atoms with E-state index in [9.17, 15) is 4.79 Å². The van der Waals surface area contributed by atoms with Crippen molar-refractivity contribution in [1.82, 2.24) is 4.90 Å². The summed E-state index contributed by atoms with van der Waals surface area (Å²) in [6, 6.07) is 20.5. The van der Waals surface area contributed by atoms with Crippen LogP contribution in [0.4, 0.5) is 0 Å². The van der Waals surface area contributed by atoms with E-state index >= 15 is 0 Å². The highest BCUT2D eigenvalue weighted by Crippen LogP contribution is 2.37. The van der Waals surface area contributed by atoms with Gasteiger partial charge in [0, 0.05) is 12.1 Å². The summed E-state index contributed by atoms with van der Waals surface area (Å²) in [5.74, 6) is 0.714. The molecule has 5 heteroatoms. The number of fused-ring (bicyclic) bond motifs is 1. The fraction of sp³-hybridized carbons (Fsp3) is 0.167. The number of amides is 1. The summed E-state index contributed by atoms with van der Waals surface area (Å²) in [6.45, 7) is 5.05. The Morgan fingerprint density at radius 3 is 2.55 bits per heavy atom. The lowest BCUT2D eigenvalue weighted by molar-refractivity contribution is -0.121. The predicted molar refractivity (Wildman–Crippen MR) is 125 cm³/mol. The van der Waals surface area contributed by atoms with Gasteiger partial charge in [0.2, 0.25) is 0 Å². The van der Waals surface area contributed by atoms with Crippen LogP contribution in [0.15, 0.2) is 65.6 Å². The summed E-state index contributed by atoms with van der Waals surface area (Å²) in [4.78, 5) is 15.0. The van der Waals surface area contributed by atoms with Crippen molar-refractivity contribution in [2.75, 3.05) is 6.54 Å². The van der Waals surface area contributed by atoms with Gasteiger partial charge in [0.05, 0.1) is 4.91 Å². The molecule has 1 heterocycles. The molecule has 4 rings (SSSR count). The summed E-state index contributed by atoms with van der Waals surface area (Å²) in [5.41, 5.74) is 3.23. The lowest BCUT2D eigenvalue weighted by Gasteiger charge is -2.13. The highest BCUT2D eigenvalue weighted by Gasteiger charge is 2.31. The Morgan fingerprint density at radius 2 is 1.83 bits per heavy atom. The summed E-state index contributed by atoms with van der Waals surface area (Å²) < 4.78 is 6.79. The smallest absolute Gasteiger partial charge is 0.266 e. The highest BCUT2D eigenvalue weighted by molar-refractivity contribution is 8.26. The van der Waals surface area contributed by atoms with Gasteiger partial charge in [-0.05, 0) is 42.3 Å². The molecule has 0 spiro atoms. The second kappa shape index (κ2) is 8.39. The van der Waals surface area contributed by atoms with Crippen molar-refractivity contribution in [3.05, 3.63) is 82.3 Å². The third kappa shape index (κ3) is 4.07. The van der Waals surface area contributed by atoms with Crippen molar-refractivity contribution in [2.45, 2.75) is 20.5 Å². The molecular weight excluding hydrogens is 398 g/mol. The maximum atomic E-state index is 12.7. The van der Waals surface area contributed by atoms with Crippen LogP contribution in [0.5, 0.6) is 5.75 Å². The Kier molecular flexibility index (Phi) is 5.69. The molecule has 1 aliphatic rings. The van der Waals surface area contributed by atoms with Crippen LogP contribution in [0.2, 0.25) is 0 Å². The van der Waals surface area contributed by atoms with Gasteiger partial charge in [0.15, 0.2) is 0 Å². The minimum Gasteiger partial charge on any atom is -0.488 e. The molecule has 3 aromatic carbocycles. The Morgan fingerprint density at radius 1 is 1.07 bits per heavy atom. The molecule has 0 bridgehead atoms. The Balaban J connectivity index is 1.73. The number of likely N-dealkylation sites (N-methyl/N-ethyl adjacent to an activating group) is 1. The molecule has 29 heavy (non-hydrogen) atoms. The van der Waals surface area contributed by atoms with Gasteiger partial charge in [-0.2, -0.15) is 0 Å². The zero-order valence-corrected chi connectivity index (χ0v) is 18.0. The lowest BCUT2D eigenvalue weighted by Crippen LogP contribution is -2.27. The van der Waals surface area contributed by atoms with Gasteiger partial charge in [-0.15, -0.1) is 0 Å². The van der Waals surface area contributed by atoms with Crippen LogP contribution in [-0.4, -0.2) is 21.7 Å². The monoisotopic (exact) mass is 419 g/mol. The average molecular weight is 420 g/mol. The van der Waals surface area contributed by atoms with Gasteiger partial charge in [0.1, 0.15) is 16.7 Å². The lowest BCUT2D eigenvalue weighted by atomic mass is 10.0. The fourth-order valence-corrected chi connectivity index (χ4v) is 4.67. The second-order valence-corrected chi connectivity index (χ2v) is 8.57. The number of carbonyl (C=O) groups is 1. The van der Waals surface area contributed by atoms with E-state index in [1.165, 1.54) is 17.3 Å². The van der Waals surface area contributed by atoms with Crippen molar-refractivity contribution >= 4 is 51.1 Å². The number of aryl methyl sites for hydroxylation is 1. The predicted octanol–water partition coefficient (Wildman–Crippen LogP) is 5.95. The van der Waals surface area contributed by atoms with E-state index in [1.54, 1.807) is 4.90 Å². The average Bonchev–Trinajstić information content (AvgIpc) is 3.01. The van der Waals surface area contributed by atoms with Crippen molar-refractivity contribution in [3.8, 4) is 5.75 Å². The molecule has 0 saturated carbocycles. The third-order valence-corrected chi connectivity index (χ3v) is 6.29. The minimum atomic E-state index is -0.0417. The summed E-state index contributed by atoms with van der Waals surface area (Å²) in [7, 11) is 0. The van der Waals surface area contributed by atoms with E-state index < -0.39 is 0 Å². The number of carbonyl (C=O) groups excluding carboxylic acids is 1. The summed E-state index contributed by atoms with van der Waals surface area (Å²) in [6.07, 6.45) is 1.92. The third-order valence-electron chi connectivity index (χ3n) is 4.91. The van der Waals surface area contributed by atoms with Crippen LogP contribution in [0.25, 0.3) is 16.8 Å². The van der Waals surface area contributed by atoms with E-state index in [2.05, 4.69) is 49.4 Å². The maximum absolute atomic E-state index is 12.7. The maximum Gasteiger partial charge on any atom is 0.266 e. The molecule has 3 aromatic rings. The topological polar surface area (TPSA) is 29.5 Å². The molecular formula is C24H21NO2S2. The number of ether oxygens (including phenoxy) is 1. The Bertz CT molecular complexity index is 1120. The van der Waals surface area contributed by atoms with E-state index in [0.717, 1.165) is 27.6 Å². The number of nitrogens with zero attached hydrogens (tertiary/aromatic N) is 1. The number of thiocarbonyl (C=S) groups is 1. The number of benzene rings is 3. The first-order valence-corrected chi connectivity index (χ1v) is 10.7. The molecule has 0 unspecified atom stereocenters. The highest BCUT2D eigenvalue weighted by atomic mass is 32.2. The first-order valence-electron chi connectivity index (χ1n) is 9.52. The van der Waals surface area contributed by atoms with Crippen molar-refractivity contribution in [3.63, 3.8) is 0 Å². The van der Waals surface area contributed by atoms with Crippen molar-refractivity contribution < 1.29 is 9.53 Å². The van der Waals surface area contributed by atoms with Crippen LogP contribution in [-0.2, 0) is 11.4 Å². The van der Waals surface area contributed by atoms with Crippen LogP contribution in [0.3, 0.4) is 0 Å². The van der Waals surface area contributed by atoms with E-state index in [4.69, 9.17) is 17.0 Å². The molecule has 0 atom stereocenters. The van der Waals surface area contributed by atoms with Gasteiger partial charge in [-0.3, -0.25) is 9.69 Å². The zero-order chi connectivity index (χ0) is 20.4. The molecule has 1 amide bonds. The molecule has 1 saturated heterocycles. The Labute approximate surface area is 180 Å². The van der Waals surface area contributed by atoms with Gasteiger partial charge >= 0.3 is 0 Å². The molecule has 0 aromatic heterocycles. The fourth-order valence-electron chi connectivity index (χ4n) is 3.30. The molecule has 0 N–H and O–H groups in total. The Hall–Kier alpha value is -2.63. The quantitative estimate of drug-likeness (QED) is 0.378. The minimum absolute atomic E-state index is 0.0417. The van der Waals surface area contributed by atoms with Crippen molar-refractivity contribution in [1.29, 1.82) is 0 Å². The standard InChI is InChI=1S/C24H21NO2S2/c1-3-25-23(26)22(29-24(25)28)14-20-19-7-5-4-6-18(19)12-13-21(20)27-15-17-10-8-16(2)9-11-17/h4-14H,3,15H2,1-2H3/b22-14-. The summed E-state index contributed by atoms with van der Waals surface area (Å²) in [5, 5.41) is 2.16. The van der Waals surface area contributed by atoms with E-state index in [1.807, 2.05) is 31.2 Å². The van der Waals surface area contributed by atoms with E-state index in [-0.39, 0.29) is 5.91 Å². The first-order chi connectivity index (χ1) is 14.1. The molecule has 146 valence electrons. The number of thioether (sulfide) groups is 1. The molecule has 0 aliphatic carbocycles. The first kappa shape index (κ1) is 19.7. The van der Waals surface area contributed by atoms with E-state index in [0.29, 0.717) is 22.4 Å². The van der Waals surface area contributed by atoms with Crippen LogP contribution in [0.1, 0.15) is 23.6 Å². The zero-order valence-electron chi connectivity index (χ0n) is 16.3. The molecule has 1 fully saturated rings. The van der Waals surface area contributed by atoms with Gasteiger partial charge in [0.25, 0.3) is 5.91 Å². The molecule has 3 nitrogen and oxygen atoms in total. The van der Waals surface area contributed by atoms with Crippen LogP contribution < -0.4 is 4.74 Å². The second-order valence-electron chi connectivity index (χ2n) is 6.90. The SMILES string of the molecule is CCN1C(=O)/C(=C/c2c(OCc3ccc(C)cc3)ccc3ccccc23)SC1=S. The summed E-state index contributed by atoms with van der Waals surface area (Å²) >= 11 is 6.71. The van der Waals surface area contributed by atoms with Gasteiger partial charge < -0.3 is 4.74 Å². The number of rotatable bonds is 5.